The third-order valence-electron chi connectivity index (χ3n) is 5.39. The Kier molecular flexibility index (Phi) is 7.37. The Morgan fingerprint density at radius 1 is 1.11 bits per heavy atom. The molecule has 0 aliphatic heterocycles. The number of aromatic nitrogens is 6. The molecule has 0 atom stereocenters. The van der Waals surface area contributed by atoms with E-state index in [1.165, 1.54) is 22.6 Å². The van der Waals surface area contributed by atoms with Crippen LogP contribution in [0.5, 0.6) is 0 Å². The van der Waals surface area contributed by atoms with Gasteiger partial charge in [-0.05, 0) is 48.7 Å². The van der Waals surface area contributed by atoms with Crippen molar-refractivity contribution in [2.45, 2.75) is 33.2 Å². The van der Waals surface area contributed by atoms with E-state index in [1.807, 2.05) is 13.8 Å². The second kappa shape index (κ2) is 10.5. The number of carbonyl (C=O) groups is 2. The Morgan fingerprint density at radius 3 is 2.56 bits per heavy atom. The summed E-state index contributed by atoms with van der Waals surface area (Å²) in [6, 6.07) is 8.12. The van der Waals surface area contributed by atoms with Gasteiger partial charge in [0.15, 0.2) is 5.82 Å². The van der Waals surface area contributed by atoms with E-state index in [9.17, 15) is 9.59 Å². The molecule has 3 heterocycles. The molecule has 0 unspecified atom stereocenters. The number of nitrogens with one attached hydrogen (secondary N) is 2. The molecule has 0 fully saturated rings. The molecule has 0 saturated carbocycles. The van der Waals surface area contributed by atoms with Crippen molar-refractivity contribution in [3.63, 3.8) is 0 Å². The minimum atomic E-state index is -0.512. The van der Waals surface area contributed by atoms with Crippen LogP contribution >= 0.6 is 23.2 Å². The molecule has 4 aromatic rings. The van der Waals surface area contributed by atoms with Gasteiger partial charge in [-0.2, -0.15) is 20.1 Å². The van der Waals surface area contributed by atoms with Crippen molar-refractivity contribution in [1.82, 2.24) is 35.1 Å². The second-order valence-electron chi connectivity index (χ2n) is 8.37. The standard InChI is InChI=1S/C24H24Cl2N8O2/c1-13(2)19-11-29-33(32-19)12-16-10-20(34(31-16)22-18(26)6-5-7-28-22)24(36)30-21-14(3)8-15(25)9-17(21)23(35)27-4/h5-11,13H,12H2,1-4H3,(H,27,35)(H,30,36). The summed E-state index contributed by atoms with van der Waals surface area (Å²) in [7, 11) is 1.50. The first kappa shape index (κ1) is 25.3. The third-order valence-corrected chi connectivity index (χ3v) is 5.91. The quantitative estimate of drug-likeness (QED) is 0.371. The van der Waals surface area contributed by atoms with E-state index in [4.69, 9.17) is 23.2 Å². The van der Waals surface area contributed by atoms with Crippen molar-refractivity contribution >= 4 is 40.7 Å². The molecular formula is C24H24Cl2N8O2. The molecule has 2 N–H and O–H groups in total. The zero-order valence-electron chi connectivity index (χ0n) is 20.1. The number of hydrogen-bond donors (Lipinski definition) is 2. The lowest BCUT2D eigenvalue weighted by molar-refractivity contribution is 0.0964. The van der Waals surface area contributed by atoms with Crippen LogP contribution in [0.25, 0.3) is 5.82 Å². The van der Waals surface area contributed by atoms with Crippen LogP contribution in [0.15, 0.2) is 42.7 Å². The molecule has 2 amide bonds. The minimum Gasteiger partial charge on any atom is -0.355 e. The fraction of sp³-hybridized carbons (Fsp3) is 0.250. The van der Waals surface area contributed by atoms with Gasteiger partial charge in [-0.1, -0.05) is 37.0 Å². The van der Waals surface area contributed by atoms with Crippen LogP contribution in [-0.2, 0) is 6.54 Å². The van der Waals surface area contributed by atoms with Gasteiger partial charge in [0.25, 0.3) is 11.8 Å². The molecule has 12 heteroatoms. The van der Waals surface area contributed by atoms with Gasteiger partial charge in [0.2, 0.25) is 0 Å². The van der Waals surface area contributed by atoms with Crippen molar-refractivity contribution in [2.75, 3.05) is 12.4 Å². The van der Waals surface area contributed by atoms with Gasteiger partial charge in [-0.25, -0.2) is 9.67 Å². The average molecular weight is 527 g/mol. The number of hydrogen-bond acceptors (Lipinski definition) is 6. The number of rotatable bonds is 7. The monoisotopic (exact) mass is 526 g/mol. The molecule has 0 aliphatic carbocycles. The van der Waals surface area contributed by atoms with Crippen molar-refractivity contribution < 1.29 is 9.59 Å². The Hall–Kier alpha value is -3.76. The molecule has 0 radical (unpaired) electrons. The number of pyridine rings is 1. The van der Waals surface area contributed by atoms with Crippen LogP contribution in [0.4, 0.5) is 5.69 Å². The summed E-state index contributed by atoms with van der Waals surface area (Å²) < 4.78 is 1.37. The molecular weight excluding hydrogens is 503 g/mol. The normalized spacial score (nSPS) is 11.1. The fourth-order valence-electron chi connectivity index (χ4n) is 3.56. The Labute approximate surface area is 217 Å². The maximum Gasteiger partial charge on any atom is 0.274 e. The number of nitrogens with zero attached hydrogens (tertiary/aromatic N) is 6. The van der Waals surface area contributed by atoms with E-state index >= 15 is 0 Å². The second-order valence-corrected chi connectivity index (χ2v) is 9.22. The molecule has 186 valence electrons. The summed E-state index contributed by atoms with van der Waals surface area (Å²) in [4.78, 5) is 31.8. The zero-order chi connectivity index (χ0) is 26.0. The van der Waals surface area contributed by atoms with Gasteiger partial charge in [-0.3, -0.25) is 9.59 Å². The number of amides is 2. The number of aryl methyl sites for hydroxylation is 1. The predicted octanol–water partition coefficient (Wildman–Crippen LogP) is 4.26. The molecule has 0 saturated heterocycles. The highest BCUT2D eigenvalue weighted by atomic mass is 35.5. The van der Waals surface area contributed by atoms with Crippen LogP contribution in [0.1, 0.15) is 57.6 Å². The summed E-state index contributed by atoms with van der Waals surface area (Å²) in [5.74, 6) is -0.390. The average Bonchev–Trinajstić information content (AvgIpc) is 3.48. The maximum absolute atomic E-state index is 13.5. The van der Waals surface area contributed by atoms with Gasteiger partial charge >= 0.3 is 0 Å². The highest BCUT2D eigenvalue weighted by Crippen LogP contribution is 2.27. The topological polar surface area (TPSA) is 120 Å². The lowest BCUT2D eigenvalue weighted by Crippen LogP contribution is -2.23. The highest BCUT2D eigenvalue weighted by Gasteiger charge is 2.23. The van der Waals surface area contributed by atoms with E-state index in [-0.39, 0.29) is 35.4 Å². The van der Waals surface area contributed by atoms with E-state index in [2.05, 4.69) is 30.9 Å². The fourth-order valence-corrected chi connectivity index (χ4v) is 4.03. The number of carbonyl (C=O) groups excluding carboxylic acids is 2. The van der Waals surface area contributed by atoms with Gasteiger partial charge < -0.3 is 10.6 Å². The number of halogens is 2. The van der Waals surface area contributed by atoms with Crippen molar-refractivity contribution in [2.24, 2.45) is 0 Å². The summed E-state index contributed by atoms with van der Waals surface area (Å²) in [5.41, 5.74) is 2.73. The summed E-state index contributed by atoms with van der Waals surface area (Å²) in [6.45, 7) is 6.04. The molecule has 0 aliphatic rings. The van der Waals surface area contributed by atoms with E-state index in [0.717, 1.165) is 5.69 Å². The third kappa shape index (κ3) is 5.24. The zero-order valence-corrected chi connectivity index (χ0v) is 21.6. The minimum absolute atomic E-state index is 0.166. The Morgan fingerprint density at radius 2 is 1.89 bits per heavy atom. The Balaban J connectivity index is 1.75. The first-order chi connectivity index (χ1) is 17.2. The van der Waals surface area contributed by atoms with Crippen LogP contribution in [0, 0.1) is 6.92 Å². The van der Waals surface area contributed by atoms with Crippen LogP contribution in [0.2, 0.25) is 10.0 Å². The lowest BCUT2D eigenvalue weighted by Gasteiger charge is -2.14. The molecule has 4 rings (SSSR count). The smallest absolute Gasteiger partial charge is 0.274 e. The molecule has 10 nitrogen and oxygen atoms in total. The molecule has 1 aromatic carbocycles. The van der Waals surface area contributed by atoms with Gasteiger partial charge in [0.05, 0.1) is 33.9 Å². The SMILES string of the molecule is CNC(=O)c1cc(Cl)cc(C)c1NC(=O)c1cc(Cn2ncc(C(C)C)n2)nn1-c1ncccc1Cl. The van der Waals surface area contributed by atoms with E-state index in [1.54, 1.807) is 43.6 Å². The van der Waals surface area contributed by atoms with Crippen LogP contribution in [0.3, 0.4) is 0 Å². The predicted molar refractivity (Wildman–Crippen MR) is 137 cm³/mol. The number of anilines is 1. The first-order valence-electron chi connectivity index (χ1n) is 11.1. The largest absolute Gasteiger partial charge is 0.355 e. The summed E-state index contributed by atoms with van der Waals surface area (Å²) in [5, 5.41) is 19.4. The molecule has 36 heavy (non-hydrogen) atoms. The maximum atomic E-state index is 13.5. The molecule has 0 spiro atoms. The van der Waals surface area contributed by atoms with Crippen molar-refractivity contribution in [1.29, 1.82) is 0 Å². The van der Waals surface area contributed by atoms with E-state index < -0.39 is 5.91 Å². The van der Waals surface area contributed by atoms with Gasteiger partial charge in [0.1, 0.15) is 12.2 Å². The van der Waals surface area contributed by atoms with Crippen LogP contribution < -0.4 is 10.6 Å². The number of benzene rings is 1. The molecule has 3 aromatic heterocycles. The van der Waals surface area contributed by atoms with Crippen molar-refractivity contribution in [3.05, 3.63) is 81.0 Å². The van der Waals surface area contributed by atoms with Crippen molar-refractivity contribution in [3.8, 4) is 5.82 Å². The Bertz CT molecular complexity index is 1440. The van der Waals surface area contributed by atoms with Gasteiger partial charge in [-0.15, -0.1) is 0 Å². The highest BCUT2D eigenvalue weighted by molar-refractivity contribution is 6.32. The lowest BCUT2D eigenvalue weighted by atomic mass is 10.1. The summed E-state index contributed by atoms with van der Waals surface area (Å²) in [6.07, 6.45) is 3.26. The molecule has 0 bridgehead atoms. The van der Waals surface area contributed by atoms with Gasteiger partial charge in [0, 0.05) is 18.3 Å². The van der Waals surface area contributed by atoms with E-state index in [0.29, 0.717) is 27.0 Å². The van der Waals surface area contributed by atoms with Crippen LogP contribution in [-0.4, -0.2) is 48.6 Å². The summed E-state index contributed by atoms with van der Waals surface area (Å²) >= 11 is 12.5. The first-order valence-corrected chi connectivity index (χ1v) is 11.9.